The van der Waals surface area contributed by atoms with Crippen molar-refractivity contribution in [2.75, 3.05) is 26.4 Å². The summed E-state index contributed by atoms with van der Waals surface area (Å²) >= 11 is 0. The first-order valence-electron chi connectivity index (χ1n) is 29.9. The standard InChI is InChI=1S/C58H86O21/c1-28-24-57(68-14-11-37(61)41(66-26-28)23-51(63)64)12-10-36(60)42(77-57)17-35-18-43-44(71-35)21-46-47(73-43)22-48-45(74-46)20-40-31(4)29(2)15-32(70-40)5-7-38-30(3)16-34(69-38)9-13-58-50(62)27-67-55-54(49(25-59)78-58)76-39-8-6-33(19-52(65)75-48)72-53(39)56(55)79-58/h28-29,32-50,53-56,59-62H,3-27H2,1-2H3,(H,63,64)/t28-,29+,32?,33?,34?,35?,36?,37+,38?,39?,40?,41+,42?,43?,44+,45-,46-,47?,48?,49?,50?,53-,54-,55?,56?,57-,58-/m0/s1. The molecule has 12 saturated heterocycles. The third-order valence-electron chi connectivity index (χ3n) is 19.7. The van der Waals surface area contributed by atoms with Crippen molar-refractivity contribution in [3.05, 3.63) is 24.3 Å². The van der Waals surface area contributed by atoms with Gasteiger partial charge in [0.05, 0.1) is 130 Å². The van der Waals surface area contributed by atoms with Crippen LogP contribution in [-0.4, -0.2) is 216 Å². The molecular formula is C58H86O21. The van der Waals surface area contributed by atoms with Crippen LogP contribution in [0.15, 0.2) is 24.3 Å². The maximum atomic E-state index is 14.4. The molecule has 0 amide bonds. The Morgan fingerprint density at radius 3 is 2.16 bits per heavy atom. The predicted molar refractivity (Wildman–Crippen MR) is 273 cm³/mol. The first-order valence-corrected chi connectivity index (χ1v) is 29.9. The summed E-state index contributed by atoms with van der Waals surface area (Å²) in [6.45, 7) is 13.1. The molecule has 0 aromatic carbocycles. The average molecular weight is 1120 g/mol. The van der Waals surface area contributed by atoms with E-state index in [4.69, 9.17) is 66.3 Å². The second-order valence-corrected chi connectivity index (χ2v) is 25.5. The van der Waals surface area contributed by atoms with E-state index in [1.165, 1.54) is 0 Å². The van der Waals surface area contributed by atoms with Gasteiger partial charge in [-0.25, -0.2) is 0 Å². The number of esters is 1. The fourth-order valence-electron chi connectivity index (χ4n) is 15.5. The lowest BCUT2D eigenvalue weighted by atomic mass is 9.83. The molecule has 5 N–H and O–H groups in total. The van der Waals surface area contributed by atoms with Gasteiger partial charge in [0.15, 0.2) is 11.6 Å². The van der Waals surface area contributed by atoms with Gasteiger partial charge in [0, 0.05) is 58.0 Å². The molecule has 79 heavy (non-hydrogen) atoms. The van der Waals surface area contributed by atoms with E-state index in [0.29, 0.717) is 83.5 Å². The number of carboxylic acids is 1. The minimum atomic E-state index is -1.54. The molecule has 21 heteroatoms. The van der Waals surface area contributed by atoms with Crippen molar-refractivity contribution in [3.63, 3.8) is 0 Å². The van der Waals surface area contributed by atoms with Gasteiger partial charge in [-0.2, -0.15) is 0 Å². The molecule has 21 nitrogen and oxygen atoms in total. The van der Waals surface area contributed by atoms with Gasteiger partial charge in [-0.05, 0) is 80.8 Å². The Bertz CT molecular complexity index is 2180. The van der Waals surface area contributed by atoms with Crippen LogP contribution in [0.4, 0.5) is 0 Å². The molecule has 0 aromatic heterocycles. The van der Waals surface area contributed by atoms with Crippen LogP contribution in [0.3, 0.4) is 0 Å². The highest BCUT2D eigenvalue weighted by Crippen LogP contribution is 2.49. The molecule has 0 aromatic rings. The van der Waals surface area contributed by atoms with E-state index < -0.39 is 115 Å². The summed E-state index contributed by atoms with van der Waals surface area (Å²) in [5.41, 5.74) is 1.99. The molecule has 0 radical (unpaired) electrons. The van der Waals surface area contributed by atoms with E-state index in [0.717, 1.165) is 24.0 Å². The average Bonchev–Trinajstić information content (AvgIpc) is 3.94. The number of carbonyl (C=O) groups is 2. The van der Waals surface area contributed by atoms with Crippen LogP contribution in [0.1, 0.15) is 136 Å². The predicted octanol–water partition coefficient (Wildman–Crippen LogP) is 3.63. The summed E-state index contributed by atoms with van der Waals surface area (Å²) in [6, 6.07) is 0. The normalized spacial score (nSPS) is 51.7. The first kappa shape index (κ1) is 57.2. The van der Waals surface area contributed by atoms with Crippen LogP contribution in [-0.2, 0) is 75.9 Å². The van der Waals surface area contributed by atoms with Crippen molar-refractivity contribution in [3.8, 4) is 0 Å². The number of hydrogen-bond donors (Lipinski definition) is 5. The van der Waals surface area contributed by atoms with E-state index in [-0.39, 0.29) is 113 Å². The lowest BCUT2D eigenvalue weighted by Gasteiger charge is -2.49. The first-order chi connectivity index (χ1) is 38.0. The molecule has 16 unspecified atom stereocenters. The van der Waals surface area contributed by atoms with Crippen LogP contribution in [0, 0.1) is 11.8 Å². The molecule has 12 heterocycles. The Morgan fingerprint density at radius 2 is 1.35 bits per heavy atom. The smallest absolute Gasteiger partial charge is 0.308 e. The molecule has 27 atom stereocenters. The van der Waals surface area contributed by atoms with Gasteiger partial charge in [0.2, 0.25) is 0 Å². The second kappa shape index (κ2) is 23.7. The van der Waals surface area contributed by atoms with Crippen molar-refractivity contribution in [1.82, 2.24) is 0 Å². The van der Waals surface area contributed by atoms with Crippen LogP contribution in [0.5, 0.6) is 0 Å². The maximum absolute atomic E-state index is 14.4. The highest BCUT2D eigenvalue weighted by Gasteiger charge is 2.63. The van der Waals surface area contributed by atoms with Gasteiger partial charge < -0.3 is 91.8 Å². The summed E-state index contributed by atoms with van der Waals surface area (Å²) in [5.74, 6) is -3.96. The minimum absolute atomic E-state index is 0.0358. The molecule has 12 aliphatic heterocycles. The molecule has 1 spiro atoms. The third kappa shape index (κ3) is 12.1. The zero-order valence-electron chi connectivity index (χ0n) is 45.9. The Morgan fingerprint density at radius 1 is 0.620 bits per heavy atom. The number of carboxylic acid groups (broad SMARTS) is 1. The van der Waals surface area contributed by atoms with E-state index in [2.05, 4.69) is 20.1 Å². The van der Waals surface area contributed by atoms with Gasteiger partial charge in [-0.3, -0.25) is 9.59 Å². The number of rotatable bonds is 5. The number of aliphatic hydroxyl groups excluding tert-OH is 4. The van der Waals surface area contributed by atoms with Crippen LogP contribution < -0.4 is 0 Å². The molecule has 0 aliphatic carbocycles. The Balaban J connectivity index is 0.748. The fourth-order valence-corrected chi connectivity index (χ4v) is 15.5. The van der Waals surface area contributed by atoms with Gasteiger partial charge >= 0.3 is 11.9 Å². The van der Waals surface area contributed by atoms with Gasteiger partial charge in [0.1, 0.15) is 42.7 Å². The highest BCUT2D eigenvalue weighted by molar-refractivity contribution is 5.70. The van der Waals surface area contributed by atoms with Crippen molar-refractivity contribution >= 4 is 11.9 Å². The largest absolute Gasteiger partial charge is 0.481 e. The summed E-state index contributed by atoms with van der Waals surface area (Å²) in [4.78, 5) is 25.9. The number of aliphatic carboxylic acids is 1. The van der Waals surface area contributed by atoms with Gasteiger partial charge in [0.25, 0.3) is 0 Å². The topological polar surface area (TPSA) is 265 Å². The number of ether oxygens (including phenoxy) is 14. The SMILES string of the molecule is C=C1CC2CC[C@]34OC(CO)[C@@H]5OC6CCC(CC(=O)OC7CC8OC9CC(CC%10O[C@@]%11(CCC%10O)C[C@H](C)CO[C@H](CC(=O)O)[C@H](O)CCO%11)O[C@@H]9C[C@@H]8O[C@H]7CC7OC(CCC1O2)C[C@@H](C)C7=C)O[C@@H]6C(O3)C5OCC4O. The fraction of sp³-hybridized carbons (Fsp3) is 0.897. The zero-order chi connectivity index (χ0) is 54.9. The van der Waals surface area contributed by atoms with Crippen molar-refractivity contribution in [2.24, 2.45) is 11.8 Å². The number of fused-ring (bicyclic) bond motifs is 8. The van der Waals surface area contributed by atoms with Crippen LogP contribution in [0.2, 0.25) is 0 Å². The van der Waals surface area contributed by atoms with Gasteiger partial charge in [-0.1, -0.05) is 27.0 Å². The van der Waals surface area contributed by atoms with E-state index in [1.54, 1.807) is 0 Å². The number of hydrogen-bond acceptors (Lipinski definition) is 20. The monoisotopic (exact) mass is 1120 g/mol. The summed E-state index contributed by atoms with van der Waals surface area (Å²) < 4.78 is 93.3. The van der Waals surface area contributed by atoms with Crippen LogP contribution in [0.25, 0.3) is 0 Å². The third-order valence-corrected chi connectivity index (χ3v) is 19.7. The summed E-state index contributed by atoms with van der Waals surface area (Å²) in [7, 11) is 0. The van der Waals surface area contributed by atoms with E-state index in [9.17, 15) is 35.1 Å². The van der Waals surface area contributed by atoms with Crippen molar-refractivity contribution in [2.45, 2.75) is 288 Å². The summed E-state index contributed by atoms with van der Waals surface area (Å²) in [6.07, 6.45) is -4.37. The molecule has 444 valence electrons. The molecule has 12 rings (SSSR count). The van der Waals surface area contributed by atoms with Crippen molar-refractivity contribution in [1.29, 1.82) is 0 Å². The zero-order valence-corrected chi connectivity index (χ0v) is 45.9. The van der Waals surface area contributed by atoms with Gasteiger partial charge in [-0.15, -0.1) is 0 Å². The highest BCUT2D eigenvalue weighted by atomic mass is 16.8. The quantitative estimate of drug-likeness (QED) is 0.194. The van der Waals surface area contributed by atoms with E-state index in [1.807, 2.05) is 6.92 Å². The molecule has 10 bridgehead atoms. The Labute approximate surface area is 462 Å². The molecule has 12 fully saturated rings. The molecule has 12 aliphatic rings. The summed E-state index contributed by atoms with van der Waals surface area (Å²) in [5, 5.41) is 54.1. The molecular weight excluding hydrogens is 1030 g/mol. The second-order valence-electron chi connectivity index (χ2n) is 25.5. The Hall–Kier alpha value is -2.26. The number of aliphatic hydroxyl groups is 4. The van der Waals surface area contributed by atoms with Crippen molar-refractivity contribution < 1.29 is 101 Å². The molecule has 0 saturated carbocycles. The number of carbonyl (C=O) groups excluding carboxylic acids is 1. The Kier molecular flexibility index (Phi) is 17.1. The van der Waals surface area contributed by atoms with Crippen LogP contribution >= 0.6 is 0 Å². The van der Waals surface area contributed by atoms with E-state index >= 15 is 0 Å². The lowest BCUT2D eigenvalue weighted by molar-refractivity contribution is -0.318. The maximum Gasteiger partial charge on any atom is 0.308 e. The lowest BCUT2D eigenvalue weighted by Crippen LogP contribution is -2.63. The minimum Gasteiger partial charge on any atom is -0.481 e.